The van der Waals surface area contributed by atoms with Crippen LogP contribution in [0.1, 0.15) is 35.2 Å². The van der Waals surface area contributed by atoms with Crippen molar-refractivity contribution in [3.63, 3.8) is 0 Å². The average Bonchev–Trinajstić information content (AvgIpc) is 3.13. The minimum Gasteiger partial charge on any atom is -0.374 e. The molecule has 0 saturated heterocycles. The largest absolute Gasteiger partial charge is 0.374 e. The molecule has 2 saturated carbocycles. The van der Waals surface area contributed by atoms with Crippen LogP contribution in [0.25, 0.3) is 10.8 Å². The molecule has 3 aliphatic carbocycles. The van der Waals surface area contributed by atoms with Crippen LogP contribution in [0.4, 0.5) is 21.9 Å². The zero-order chi connectivity index (χ0) is 38.6. The number of carbonyl (C=O) groups is 7. The number of hydrogen-bond acceptors (Lipinski definition) is 9. The third kappa shape index (κ3) is 5.85. The van der Waals surface area contributed by atoms with Crippen LogP contribution < -0.4 is 21.7 Å². The lowest BCUT2D eigenvalue weighted by Gasteiger charge is -2.57. The minimum atomic E-state index is -3.00. The number of nitrogens with one attached hydrogen (secondary N) is 3. The number of urea groups is 1. The number of carbonyl (C=O) groups excluding carboxylic acids is 7. The van der Waals surface area contributed by atoms with Gasteiger partial charge >= 0.3 is 6.03 Å². The molecule has 3 aliphatic rings. The van der Waals surface area contributed by atoms with Crippen molar-refractivity contribution < 1.29 is 38.7 Å². The summed E-state index contributed by atoms with van der Waals surface area (Å²) in [5.41, 5.74) is 4.41. The summed E-state index contributed by atoms with van der Waals surface area (Å²) in [5, 5.41) is 22.5. The molecule has 0 aromatic heterocycles. The number of likely N-dealkylation sites (N-methyl/N-ethyl adjacent to an activating group) is 1. The number of primary amides is 1. The van der Waals surface area contributed by atoms with Gasteiger partial charge < -0.3 is 26.8 Å². The van der Waals surface area contributed by atoms with Gasteiger partial charge in [0.25, 0.3) is 0 Å². The summed E-state index contributed by atoms with van der Waals surface area (Å²) < 4.78 is 0. The summed E-state index contributed by atoms with van der Waals surface area (Å²) in [6.45, 7) is 1.78. The molecule has 276 valence electrons. The number of hydrogen-bond donors (Lipinski definition) is 5. The molecule has 0 radical (unpaired) electrons. The van der Waals surface area contributed by atoms with Gasteiger partial charge in [0.1, 0.15) is 0 Å². The second kappa shape index (κ2) is 13.7. The number of para-hydroxylation sites is 1. The molecular formula is C41H39N5O8. The molecule has 0 heterocycles. The number of benzene rings is 4. The molecule has 4 amide bonds. The average molecular weight is 730 g/mol. The van der Waals surface area contributed by atoms with Crippen LogP contribution in [0, 0.1) is 29.6 Å². The smallest absolute Gasteiger partial charge is 0.323 e. The van der Waals surface area contributed by atoms with Crippen molar-refractivity contribution in [2.45, 2.75) is 30.9 Å². The van der Waals surface area contributed by atoms with Gasteiger partial charge in [-0.3, -0.25) is 33.7 Å². The number of fused-ring (bicyclic) bond motifs is 4. The lowest BCUT2D eigenvalue weighted by atomic mass is 9.46. The van der Waals surface area contributed by atoms with Crippen molar-refractivity contribution in [2.75, 3.05) is 30.0 Å². The van der Waals surface area contributed by atoms with Gasteiger partial charge in [0.05, 0.1) is 17.6 Å². The molecular weight excluding hydrogens is 690 g/mol. The van der Waals surface area contributed by atoms with E-state index < -0.39 is 88.1 Å². The molecule has 54 heavy (non-hydrogen) atoms. The Labute approximate surface area is 310 Å². The molecule has 0 aliphatic heterocycles. The van der Waals surface area contributed by atoms with E-state index in [1.165, 1.54) is 25.1 Å². The third-order valence-electron chi connectivity index (χ3n) is 11.3. The molecule has 2 unspecified atom stereocenters. The number of rotatable bonds is 7. The van der Waals surface area contributed by atoms with E-state index in [1.807, 2.05) is 36.4 Å². The topological polar surface area (TPSA) is 205 Å². The summed E-state index contributed by atoms with van der Waals surface area (Å²) in [6.07, 6.45) is -0.372. The van der Waals surface area contributed by atoms with E-state index in [1.54, 1.807) is 55.5 Å². The first kappa shape index (κ1) is 36.3. The monoisotopic (exact) mass is 729 g/mol. The van der Waals surface area contributed by atoms with Crippen LogP contribution in [0.3, 0.4) is 0 Å². The van der Waals surface area contributed by atoms with Crippen molar-refractivity contribution in [1.82, 2.24) is 4.90 Å². The molecule has 4 aromatic rings. The van der Waals surface area contributed by atoms with Gasteiger partial charge in [0.2, 0.25) is 11.8 Å². The van der Waals surface area contributed by atoms with Gasteiger partial charge in [-0.15, -0.1) is 0 Å². The Morgan fingerprint density at radius 1 is 0.815 bits per heavy atom. The summed E-state index contributed by atoms with van der Waals surface area (Å²) in [5.74, 6) is -13.9. The zero-order valence-corrected chi connectivity index (χ0v) is 29.7. The van der Waals surface area contributed by atoms with E-state index in [0.29, 0.717) is 16.9 Å². The van der Waals surface area contributed by atoms with Gasteiger partial charge in [-0.2, -0.15) is 0 Å². The number of aliphatic hydroxyl groups is 1. The highest BCUT2D eigenvalue weighted by Crippen LogP contribution is 2.57. The van der Waals surface area contributed by atoms with E-state index in [0.717, 1.165) is 10.8 Å². The molecule has 13 heteroatoms. The van der Waals surface area contributed by atoms with E-state index in [9.17, 15) is 38.7 Å². The van der Waals surface area contributed by atoms with E-state index >= 15 is 0 Å². The van der Waals surface area contributed by atoms with E-state index in [4.69, 9.17) is 5.73 Å². The van der Waals surface area contributed by atoms with Gasteiger partial charge in [-0.1, -0.05) is 67.6 Å². The van der Waals surface area contributed by atoms with Gasteiger partial charge in [0.15, 0.2) is 34.7 Å². The molecule has 2 fully saturated rings. The van der Waals surface area contributed by atoms with E-state index in [2.05, 4.69) is 16.0 Å². The normalized spacial score (nSPS) is 27.5. The first-order chi connectivity index (χ1) is 25.7. The quantitative estimate of drug-likeness (QED) is 0.175. The number of anilines is 3. The van der Waals surface area contributed by atoms with Gasteiger partial charge in [-0.25, -0.2) is 4.79 Å². The Balaban J connectivity index is 1.28. The zero-order valence-electron chi connectivity index (χ0n) is 29.7. The molecule has 0 spiro atoms. The highest BCUT2D eigenvalue weighted by atomic mass is 16.3. The highest BCUT2D eigenvalue weighted by molar-refractivity contribution is 6.32. The molecule has 0 bridgehead atoms. The van der Waals surface area contributed by atoms with Crippen molar-refractivity contribution in [3.8, 4) is 0 Å². The number of Topliss-reactive ketones (excluding diaryl/α,β-unsaturated/α-hetero) is 4. The highest BCUT2D eigenvalue weighted by Gasteiger charge is 2.72. The standard InChI is InChI=1S/C41H39N5O8/c1-20-24-17-16-23(44-40(53)45-28-15-9-11-21-10-7-8-14-25(21)28)18-26(24)35(48)31-30(20)27(19-29(47)43-22-12-5-4-6-13-22)33-34(46(2)3)36(49)32(39(42)52)38(51)41(33,54)37(31)50/h4-18,20,27,30-34,54H,19H2,1-3H3,(H2,42,52)(H,43,47)(H2,44,45,53)/t20-,27-,30-,31?,32?,33-,34-,41-/m0/s1. The Morgan fingerprint density at radius 3 is 2.20 bits per heavy atom. The van der Waals surface area contributed by atoms with Crippen LogP contribution in [0.5, 0.6) is 0 Å². The predicted octanol–water partition coefficient (Wildman–Crippen LogP) is 3.77. The van der Waals surface area contributed by atoms with Crippen molar-refractivity contribution >= 4 is 68.8 Å². The lowest BCUT2D eigenvalue weighted by molar-refractivity contribution is -0.190. The summed E-state index contributed by atoms with van der Waals surface area (Å²) in [4.78, 5) is 98.1. The first-order valence-corrected chi connectivity index (χ1v) is 17.6. The molecule has 6 N–H and O–H groups in total. The second-order valence-electron chi connectivity index (χ2n) is 14.6. The van der Waals surface area contributed by atoms with Gasteiger partial charge in [-0.05, 0) is 73.1 Å². The molecule has 4 aromatic carbocycles. The maximum Gasteiger partial charge on any atom is 0.323 e. The SMILES string of the molecule is C[C@H]1c2ccc(NC(=O)Nc3cccc4ccccc34)cc2C(=O)C2C(=O)[C@]3(O)C(=O)C(C(N)=O)C(=O)[C@@H](N(C)C)[C@@H]3[C@@H](CC(=O)Nc3ccccc3)[C@@H]21. The fourth-order valence-electron chi connectivity index (χ4n) is 9.07. The Kier molecular flexibility index (Phi) is 9.24. The fraction of sp³-hybridized carbons (Fsp3) is 0.293. The van der Waals surface area contributed by atoms with E-state index in [-0.39, 0.29) is 17.7 Å². The molecule has 8 atom stereocenters. The maximum absolute atomic E-state index is 14.7. The lowest BCUT2D eigenvalue weighted by Crippen LogP contribution is -2.76. The summed E-state index contributed by atoms with van der Waals surface area (Å²) in [7, 11) is 3.01. The summed E-state index contributed by atoms with van der Waals surface area (Å²) in [6, 6.07) is 24.4. The van der Waals surface area contributed by atoms with Crippen LogP contribution in [0.15, 0.2) is 91.0 Å². The van der Waals surface area contributed by atoms with Crippen molar-refractivity contribution in [1.29, 1.82) is 0 Å². The number of nitrogens with zero attached hydrogens (tertiary/aromatic N) is 1. The van der Waals surface area contributed by atoms with Crippen LogP contribution in [0.2, 0.25) is 0 Å². The summed E-state index contributed by atoms with van der Waals surface area (Å²) >= 11 is 0. The number of nitrogens with two attached hydrogens (primary N) is 1. The van der Waals surface area contributed by atoms with Gasteiger partial charge in [0, 0.05) is 34.7 Å². The van der Waals surface area contributed by atoms with Crippen LogP contribution >= 0.6 is 0 Å². The number of ketones is 4. The number of amides is 4. The Bertz CT molecular complexity index is 2250. The van der Waals surface area contributed by atoms with Crippen molar-refractivity contribution in [3.05, 3.63) is 102 Å². The third-order valence-corrected chi connectivity index (χ3v) is 11.3. The molecule has 7 rings (SSSR count). The van der Waals surface area contributed by atoms with Crippen LogP contribution in [-0.4, -0.2) is 76.7 Å². The Morgan fingerprint density at radius 2 is 1.50 bits per heavy atom. The maximum atomic E-state index is 14.7. The minimum absolute atomic E-state index is 0.0875. The second-order valence-corrected chi connectivity index (χ2v) is 14.6. The van der Waals surface area contributed by atoms with Crippen LogP contribution in [-0.2, 0) is 24.0 Å². The predicted molar refractivity (Wildman–Crippen MR) is 200 cm³/mol. The molecule has 13 nitrogen and oxygen atoms in total. The Hall–Kier alpha value is -6.05. The first-order valence-electron chi connectivity index (χ1n) is 17.6. The van der Waals surface area contributed by atoms with Crippen molar-refractivity contribution in [2.24, 2.45) is 35.3 Å². The fourth-order valence-corrected chi connectivity index (χ4v) is 9.07.